The molecule has 1 rings (SSSR count). The summed E-state index contributed by atoms with van der Waals surface area (Å²) in [7, 11) is 0. The predicted octanol–water partition coefficient (Wildman–Crippen LogP) is -3.48. The van der Waals surface area contributed by atoms with Crippen LogP contribution in [0, 0.1) is 0 Å². The summed E-state index contributed by atoms with van der Waals surface area (Å²) in [5.74, 6) is -0.893. The van der Waals surface area contributed by atoms with Crippen LogP contribution in [0.5, 0.6) is 0 Å². The number of amides is 1. The lowest BCUT2D eigenvalue weighted by atomic mass is 10.0. The second kappa shape index (κ2) is 2.74. The molecule has 4 atom stereocenters. The highest BCUT2D eigenvalue weighted by atomic mass is 16.4. The van der Waals surface area contributed by atoms with Crippen LogP contribution < -0.4 is 5.32 Å². The van der Waals surface area contributed by atoms with E-state index in [1.807, 2.05) is 5.32 Å². The van der Waals surface area contributed by atoms with Gasteiger partial charge in [-0.15, -0.1) is 0 Å². The number of aliphatic hydroxyl groups excluding tert-OH is 4. The minimum Gasteiger partial charge on any atom is -0.387 e. The van der Waals surface area contributed by atoms with Crippen LogP contribution in [0.25, 0.3) is 0 Å². The molecular weight excluding hydrogens is 154 g/mol. The highest BCUT2D eigenvalue weighted by Gasteiger charge is 2.40. The van der Waals surface area contributed by atoms with E-state index >= 15 is 0 Å². The average molecular weight is 163 g/mol. The Morgan fingerprint density at radius 3 is 2.18 bits per heavy atom. The molecule has 6 nitrogen and oxygen atoms in total. The minimum atomic E-state index is -1.67. The quantitative estimate of drug-likeness (QED) is 0.255. The van der Waals surface area contributed by atoms with Crippen molar-refractivity contribution in [3.63, 3.8) is 0 Å². The van der Waals surface area contributed by atoms with Crippen LogP contribution in [0.2, 0.25) is 0 Å². The highest BCUT2D eigenvalue weighted by molar-refractivity contribution is 5.82. The van der Waals surface area contributed by atoms with Gasteiger partial charge in [-0.3, -0.25) is 4.79 Å². The van der Waals surface area contributed by atoms with E-state index in [0.29, 0.717) is 0 Å². The van der Waals surface area contributed by atoms with Crippen molar-refractivity contribution in [2.75, 3.05) is 0 Å². The standard InChI is InChI=1S/C5H9NO5/c7-1-2(8)4(10)6-5(11)3(1)9/h1-4,7-10H,(H,6,11)/t1-,2+,3-,4?/m1/s1. The molecule has 1 unspecified atom stereocenters. The normalized spacial score (nSPS) is 45.3. The number of hydrogen-bond acceptors (Lipinski definition) is 5. The Morgan fingerprint density at radius 2 is 1.64 bits per heavy atom. The van der Waals surface area contributed by atoms with Gasteiger partial charge in [-0.25, -0.2) is 0 Å². The molecule has 6 heteroatoms. The van der Waals surface area contributed by atoms with Gasteiger partial charge in [-0.2, -0.15) is 0 Å². The molecule has 1 amide bonds. The van der Waals surface area contributed by atoms with Crippen LogP contribution in [-0.4, -0.2) is 50.9 Å². The SMILES string of the molecule is O=C1NC(O)[C@@H](O)[C@@H](O)[C@H]1O. The topological polar surface area (TPSA) is 110 Å². The summed E-state index contributed by atoms with van der Waals surface area (Å²) in [4.78, 5) is 10.6. The third-order valence-corrected chi connectivity index (χ3v) is 1.56. The first-order valence-electron chi connectivity index (χ1n) is 3.06. The molecule has 0 bridgehead atoms. The van der Waals surface area contributed by atoms with Crippen LogP contribution in [0.1, 0.15) is 0 Å². The molecule has 1 fully saturated rings. The van der Waals surface area contributed by atoms with Gasteiger partial charge < -0.3 is 25.7 Å². The number of rotatable bonds is 0. The molecule has 0 spiro atoms. The first-order chi connectivity index (χ1) is 5.04. The van der Waals surface area contributed by atoms with Gasteiger partial charge in [0, 0.05) is 0 Å². The van der Waals surface area contributed by atoms with E-state index in [0.717, 1.165) is 0 Å². The first-order valence-corrected chi connectivity index (χ1v) is 3.06. The van der Waals surface area contributed by atoms with Crippen LogP contribution in [0.3, 0.4) is 0 Å². The van der Waals surface area contributed by atoms with E-state index in [1.54, 1.807) is 0 Å². The van der Waals surface area contributed by atoms with Crippen molar-refractivity contribution in [1.29, 1.82) is 0 Å². The second-order valence-corrected chi connectivity index (χ2v) is 2.38. The maximum atomic E-state index is 10.6. The molecule has 1 saturated heterocycles. The molecule has 11 heavy (non-hydrogen) atoms. The third-order valence-electron chi connectivity index (χ3n) is 1.56. The number of hydrogen-bond donors (Lipinski definition) is 5. The van der Waals surface area contributed by atoms with Crippen molar-refractivity contribution in [2.24, 2.45) is 0 Å². The van der Waals surface area contributed by atoms with E-state index in [9.17, 15) is 4.79 Å². The summed E-state index contributed by atoms with van der Waals surface area (Å²) in [5, 5.41) is 37.2. The lowest BCUT2D eigenvalue weighted by Gasteiger charge is -2.31. The molecule has 0 saturated carbocycles. The molecule has 0 aromatic carbocycles. The molecule has 0 aliphatic carbocycles. The lowest BCUT2D eigenvalue weighted by molar-refractivity contribution is -0.169. The fraction of sp³-hybridized carbons (Fsp3) is 0.800. The molecule has 0 aromatic heterocycles. The van der Waals surface area contributed by atoms with E-state index in [1.165, 1.54) is 0 Å². The van der Waals surface area contributed by atoms with E-state index in [4.69, 9.17) is 20.4 Å². The summed E-state index contributed by atoms with van der Waals surface area (Å²) in [6, 6.07) is 0. The number of piperidine rings is 1. The zero-order chi connectivity index (χ0) is 8.59. The Bertz CT molecular complexity index is 172. The van der Waals surface area contributed by atoms with Gasteiger partial charge in [0.15, 0.2) is 12.3 Å². The Labute approximate surface area is 62.1 Å². The largest absolute Gasteiger partial charge is 0.387 e. The van der Waals surface area contributed by atoms with Gasteiger partial charge >= 0.3 is 0 Å². The van der Waals surface area contributed by atoms with Crippen LogP contribution in [0.4, 0.5) is 0 Å². The summed E-state index contributed by atoms with van der Waals surface area (Å²) in [5.41, 5.74) is 0. The van der Waals surface area contributed by atoms with Crippen molar-refractivity contribution in [2.45, 2.75) is 24.5 Å². The average Bonchev–Trinajstić information content (AvgIpc) is 1.97. The van der Waals surface area contributed by atoms with E-state index in [2.05, 4.69) is 0 Å². The Balaban J connectivity index is 2.70. The predicted molar refractivity (Wildman–Crippen MR) is 32.2 cm³/mol. The Hall–Kier alpha value is -0.690. The van der Waals surface area contributed by atoms with Gasteiger partial charge in [0.2, 0.25) is 0 Å². The fourth-order valence-electron chi connectivity index (χ4n) is 0.845. The van der Waals surface area contributed by atoms with Gasteiger partial charge in [0.25, 0.3) is 5.91 Å². The summed E-state index contributed by atoms with van der Waals surface area (Å²) >= 11 is 0. The molecular formula is C5H9NO5. The molecule has 1 aliphatic rings. The monoisotopic (exact) mass is 163 g/mol. The molecule has 1 heterocycles. The van der Waals surface area contributed by atoms with Gasteiger partial charge in [0.05, 0.1) is 0 Å². The number of aliphatic hydroxyl groups is 4. The number of nitrogens with one attached hydrogen (secondary N) is 1. The van der Waals surface area contributed by atoms with Crippen molar-refractivity contribution in [3.8, 4) is 0 Å². The highest BCUT2D eigenvalue weighted by Crippen LogP contribution is 2.09. The van der Waals surface area contributed by atoms with Crippen LogP contribution >= 0.6 is 0 Å². The van der Waals surface area contributed by atoms with Crippen molar-refractivity contribution in [1.82, 2.24) is 5.32 Å². The van der Waals surface area contributed by atoms with Gasteiger partial charge in [-0.05, 0) is 0 Å². The smallest absolute Gasteiger partial charge is 0.253 e. The molecule has 0 radical (unpaired) electrons. The van der Waals surface area contributed by atoms with Gasteiger partial charge in [-0.1, -0.05) is 0 Å². The second-order valence-electron chi connectivity index (χ2n) is 2.38. The molecule has 64 valence electrons. The number of carbonyl (C=O) groups is 1. The first kappa shape index (κ1) is 8.41. The van der Waals surface area contributed by atoms with Crippen LogP contribution in [0.15, 0.2) is 0 Å². The summed E-state index contributed by atoms with van der Waals surface area (Å²) < 4.78 is 0. The maximum Gasteiger partial charge on any atom is 0.253 e. The molecule has 5 N–H and O–H groups in total. The Morgan fingerprint density at radius 1 is 1.09 bits per heavy atom. The third kappa shape index (κ3) is 1.33. The molecule has 1 aliphatic heterocycles. The summed E-state index contributed by atoms with van der Waals surface area (Å²) in [6.07, 6.45) is -6.35. The summed E-state index contributed by atoms with van der Waals surface area (Å²) in [6.45, 7) is 0. The van der Waals surface area contributed by atoms with Crippen LogP contribution in [-0.2, 0) is 4.79 Å². The number of carbonyl (C=O) groups excluding carboxylic acids is 1. The van der Waals surface area contributed by atoms with Crippen molar-refractivity contribution in [3.05, 3.63) is 0 Å². The zero-order valence-corrected chi connectivity index (χ0v) is 5.51. The fourth-order valence-corrected chi connectivity index (χ4v) is 0.845. The van der Waals surface area contributed by atoms with Gasteiger partial charge in [0.1, 0.15) is 12.2 Å². The molecule has 0 aromatic rings. The van der Waals surface area contributed by atoms with Crippen molar-refractivity contribution >= 4 is 5.91 Å². The lowest BCUT2D eigenvalue weighted by Crippen LogP contribution is -2.62. The van der Waals surface area contributed by atoms with Crippen molar-refractivity contribution < 1.29 is 25.2 Å². The van der Waals surface area contributed by atoms with E-state index < -0.39 is 30.4 Å². The maximum absolute atomic E-state index is 10.6. The zero-order valence-electron chi connectivity index (χ0n) is 5.51. The minimum absolute atomic E-state index is 0.893. The Kier molecular flexibility index (Phi) is 2.10. The van der Waals surface area contributed by atoms with E-state index in [-0.39, 0.29) is 0 Å².